The topological polar surface area (TPSA) is 61.5 Å². The quantitative estimate of drug-likeness (QED) is 0.587. The summed E-state index contributed by atoms with van der Waals surface area (Å²) in [6.07, 6.45) is -2.47. The Morgan fingerprint density at radius 3 is 2.55 bits per heavy atom. The molecule has 0 heterocycles. The van der Waals surface area contributed by atoms with Crippen LogP contribution in [0, 0.1) is 0 Å². The highest BCUT2D eigenvalue weighted by Crippen LogP contribution is 2.24. The number of carbonyl (C=O) groups excluding carboxylic acids is 1. The van der Waals surface area contributed by atoms with Gasteiger partial charge in [-0.25, -0.2) is 13.6 Å². The number of ether oxygens (including phenoxy) is 2. The Bertz CT molecular complexity index is 414. The summed E-state index contributed by atoms with van der Waals surface area (Å²) in [5.74, 6) is -0.591. The molecule has 112 valence electrons. The average molecular weight is 287 g/mol. The highest BCUT2D eigenvalue weighted by molar-refractivity contribution is 5.82. The first kappa shape index (κ1) is 16.5. The van der Waals surface area contributed by atoms with Crippen molar-refractivity contribution in [1.82, 2.24) is 0 Å². The lowest BCUT2D eigenvalue weighted by molar-refractivity contribution is -0.151. The smallest absolute Gasteiger partial charge is 0.330 e. The number of nitrogens with two attached hydrogens (primary N) is 1. The van der Waals surface area contributed by atoms with Crippen molar-refractivity contribution in [2.24, 2.45) is 5.73 Å². The van der Waals surface area contributed by atoms with Gasteiger partial charge in [0.05, 0.1) is 6.61 Å². The second-order valence-electron chi connectivity index (χ2n) is 4.27. The summed E-state index contributed by atoms with van der Waals surface area (Å²) in [6, 6.07) is 8.68. The highest BCUT2D eigenvalue weighted by Gasteiger charge is 2.37. The van der Waals surface area contributed by atoms with Gasteiger partial charge >= 0.3 is 5.97 Å². The Balaban J connectivity index is 2.77. The van der Waals surface area contributed by atoms with Gasteiger partial charge in [0.15, 0.2) is 0 Å². The second-order valence-corrected chi connectivity index (χ2v) is 4.27. The first-order chi connectivity index (χ1) is 9.50. The molecule has 0 fully saturated rings. The van der Waals surface area contributed by atoms with Crippen molar-refractivity contribution in [2.45, 2.75) is 25.3 Å². The molecule has 0 aromatic heterocycles. The summed E-state index contributed by atoms with van der Waals surface area (Å²) < 4.78 is 33.8. The van der Waals surface area contributed by atoms with E-state index in [0.29, 0.717) is 5.56 Å². The molecule has 20 heavy (non-hydrogen) atoms. The molecule has 1 rings (SSSR count). The number of esters is 1. The minimum Gasteiger partial charge on any atom is -0.464 e. The predicted molar refractivity (Wildman–Crippen MR) is 70.4 cm³/mol. The molecule has 0 amide bonds. The van der Waals surface area contributed by atoms with Crippen molar-refractivity contribution < 1.29 is 23.0 Å². The van der Waals surface area contributed by atoms with E-state index in [2.05, 4.69) is 0 Å². The molecule has 0 saturated heterocycles. The minimum atomic E-state index is -2.54. The van der Waals surface area contributed by atoms with Gasteiger partial charge in [0.25, 0.3) is 6.43 Å². The fraction of sp³-hybridized carbons (Fsp3) is 0.500. The summed E-state index contributed by atoms with van der Waals surface area (Å²) in [5, 5.41) is 0. The minimum absolute atomic E-state index is 0.0471. The van der Waals surface area contributed by atoms with Crippen molar-refractivity contribution >= 4 is 5.97 Å². The number of halogens is 2. The van der Waals surface area contributed by atoms with E-state index >= 15 is 0 Å². The number of hydrogen-bond acceptors (Lipinski definition) is 4. The van der Waals surface area contributed by atoms with Crippen LogP contribution in [-0.4, -0.2) is 32.2 Å². The van der Waals surface area contributed by atoms with Gasteiger partial charge in [-0.05, 0) is 12.5 Å². The van der Waals surface area contributed by atoms with E-state index in [0.717, 1.165) is 0 Å². The first-order valence-electron chi connectivity index (χ1n) is 6.38. The number of alkyl halides is 2. The Kier molecular flexibility index (Phi) is 6.54. The Hall–Kier alpha value is -1.53. The number of carbonyl (C=O) groups is 1. The van der Waals surface area contributed by atoms with Crippen LogP contribution in [0.1, 0.15) is 18.9 Å². The van der Waals surface area contributed by atoms with Crippen LogP contribution in [-0.2, 0) is 19.8 Å². The normalized spacial score (nSPS) is 14.1. The molecule has 1 unspecified atom stereocenters. The molecule has 2 N–H and O–H groups in total. The standard InChI is InChI=1S/C14H19F2NO3/c1-2-20-13(18)14(17,8-9-19-10-12(15)16)11-6-4-3-5-7-11/h3-7,12H,2,8-10,17H2,1H3. The van der Waals surface area contributed by atoms with E-state index in [9.17, 15) is 13.6 Å². The van der Waals surface area contributed by atoms with Crippen LogP contribution in [0.5, 0.6) is 0 Å². The Morgan fingerprint density at radius 1 is 1.35 bits per heavy atom. The molecule has 0 saturated carbocycles. The fourth-order valence-electron chi connectivity index (χ4n) is 1.77. The Labute approximate surface area is 116 Å². The number of rotatable bonds is 8. The fourth-order valence-corrected chi connectivity index (χ4v) is 1.77. The molecule has 1 aromatic carbocycles. The van der Waals surface area contributed by atoms with Crippen LogP contribution in [0.15, 0.2) is 30.3 Å². The van der Waals surface area contributed by atoms with Crippen LogP contribution in [0.2, 0.25) is 0 Å². The van der Waals surface area contributed by atoms with E-state index in [1.807, 2.05) is 0 Å². The van der Waals surface area contributed by atoms with Gasteiger partial charge in [0.2, 0.25) is 0 Å². The van der Waals surface area contributed by atoms with Gasteiger partial charge < -0.3 is 15.2 Å². The maximum Gasteiger partial charge on any atom is 0.330 e. The van der Waals surface area contributed by atoms with Crippen LogP contribution in [0.25, 0.3) is 0 Å². The largest absolute Gasteiger partial charge is 0.464 e. The van der Waals surface area contributed by atoms with E-state index < -0.39 is 24.5 Å². The zero-order chi connectivity index (χ0) is 15.0. The van der Waals surface area contributed by atoms with Crippen LogP contribution >= 0.6 is 0 Å². The molecular formula is C14H19F2NO3. The second kappa shape index (κ2) is 7.91. The SMILES string of the molecule is CCOC(=O)C(N)(CCOCC(F)F)c1ccccc1. The number of benzene rings is 1. The molecule has 0 aliphatic rings. The van der Waals surface area contributed by atoms with Gasteiger partial charge in [-0.3, -0.25) is 0 Å². The third-order valence-corrected chi connectivity index (χ3v) is 2.81. The zero-order valence-electron chi connectivity index (χ0n) is 11.4. The van der Waals surface area contributed by atoms with Crippen LogP contribution in [0.3, 0.4) is 0 Å². The summed E-state index contributed by atoms with van der Waals surface area (Å²) in [6.45, 7) is 1.15. The van der Waals surface area contributed by atoms with Crippen molar-refractivity contribution in [3.8, 4) is 0 Å². The molecular weight excluding hydrogens is 268 g/mol. The lowest BCUT2D eigenvalue weighted by Crippen LogP contribution is -2.47. The van der Waals surface area contributed by atoms with Crippen molar-refractivity contribution in [2.75, 3.05) is 19.8 Å². The molecule has 0 radical (unpaired) electrons. The van der Waals surface area contributed by atoms with Gasteiger partial charge in [-0.1, -0.05) is 30.3 Å². The van der Waals surface area contributed by atoms with E-state index in [1.54, 1.807) is 37.3 Å². The third-order valence-electron chi connectivity index (χ3n) is 2.81. The van der Waals surface area contributed by atoms with Crippen molar-refractivity contribution in [3.05, 3.63) is 35.9 Å². The molecule has 1 atom stereocenters. The van der Waals surface area contributed by atoms with Crippen molar-refractivity contribution in [3.63, 3.8) is 0 Å². The first-order valence-corrected chi connectivity index (χ1v) is 6.38. The highest BCUT2D eigenvalue weighted by atomic mass is 19.3. The average Bonchev–Trinajstić information content (AvgIpc) is 2.44. The van der Waals surface area contributed by atoms with E-state index in [4.69, 9.17) is 15.2 Å². The van der Waals surface area contributed by atoms with Crippen LogP contribution < -0.4 is 5.73 Å². The van der Waals surface area contributed by atoms with Gasteiger partial charge in [0, 0.05) is 13.0 Å². The molecule has 0 aliphatic carbocycles. The molecule has 0 bridgehead atoms. The summed E-state index contributed by atoms with van der Waals surface area (Å²) in [5.41, 5.74) is 5.30. The lowest BCUT2D eigenvalue weighted by Gasteiger charge is -2.27. The predicted octanol–water partition coefficient (Wildman–Crippen LogP) is 2.08. The maximum atomic E-state index is 12.0. The summed E-state index contributed by atoms with van der Waals surface area (Å²) >= 11 is 0. The molecule has 0 spiro atoms. The number of hydrogen-bond donors (Lipinski definition) is 1. The van der Waals surface area contributed by atoms with Crippen molar-refractivity contribution in [1.29, 1.82) is 0 Å². The van der Waals surface area contributed by atoms with Crippen LogP contribution in [0.4, 0.5) is 8.78 Å². The monoisotopic (exact) mass is 287 g/mol. The lowest BCUT2D eigenvalue weighted by atomic mass is 9.88. The van der Waals surface area contributed by atoms with Gasteiger partial charge in [-0.15, -0.1) is 0 Å². The van der Waals surface area contributed by atoms with Gasteiger partial charge in [-0.2, -0.15) is 0 Å². The van der Waals surface area contributed by atoms with E-state index in [-0.39, 0.29) is 19.6 Å². The molecule has 4 nitrogen and oxygen atoms in total. The molecule has 1 aromatic rings. The van der Waals surface area contributed by atoms with E-state index in [1.165, 1.54) is 0 Å². The maximum absolute atomic E-state index is 12.0. The summed E-state index contributed by atoms with van der Waals surface area (Å²) in [4.78, 5) is 12.0. The molecule has 6 heteroatoms. The third kappa shape index (κ3) is 4.54. The molecule has 0 aliphatic heterocycles. The zero-order valence-corrected chi connectivity index (χ0v) is 11.4. The Morgan fingerprint density at radius 2 is 2.00 bits per heavy atom. The summed E-state index contributed by atoms with van der Waals surface area (Å²) in [7, 11) is 0. The van der Waals surface area contributed by atoms with Gasteiger partial charge in [0.1, 0.15) is 12.1 Å².